The van der Waals surface area contributed by atoms with E-state index in [1.807, 2.05) is 13.2 Å². The summed E-state index contributed by atoms with van der Waals surface area (Å²) in [5, 5.41) is 5.10. The van der Waals surface area contributed by atoms with Crippen molar-refractivity contribution in [1.82, 2.24) is 19.7 Å². The lowest BCUT2D eigenvalue weighted by Gasteiger charge is -2.00. The van der Waals surface area contributed by atoms with Gasteiger partial charge in [-0.3, -0.25) is 4.68 Å². The maximum atomic E-state index is 6.04. The van der Waals surface area contributed by atoms with E-state index < -0.39 is 0 Å². The van der Waals surface area contributed by atoms with Gasteiger partial charge in [0.05, 0.1) is 17.1 Å². The standard InChI is InChI=1S/C12H13N5S/c1-6-7(2)18-12-9(6)10(13)15-11(16-12)8-4-14-17(3)5-8/h4-5H,1-3H3,(H2,13,15,16). The van der Waals surface area contributed by atoms with Gasteiger partial charge >= 0.3 is 0 Å². The zero-order valence-electron chi connectivity index (χ0n) is 10.4. The van der Waals surface area contributed by atoms with Crippen molar-refractivity contribution in [3.05, 3.63) is 22.8 Å². The summed E-state index contributed by atoms with van der Waals surface area (Å²) < 4.78 is 1.73. The summed E-state index contributed by atoms with van der Waals surface area (Å²) in [6.07, 6.45) is 3.63. The molecule has 5 nitrogen and oxygen atoms in total. The molecule has 0 radical (unpaired) electrons. The quantitative estimate of drug-likeness (QED) is 0.728. The van der Waals surface area contributed by atoms with Crippen LogP contribution in [-0.4, -0.2) is 19.7 Å². The van der Waals surface area contributed by atoms with Gasteiger partial charge in [0, 0.05) is 18.1 Å². The number of aromatic nitrogens is 4. The summed E-state index contributed by atoms with van der Waals surface area (Å²) in [5.74, 6) is 1.18. The van der Waals surface area contributed by atoms with Gasteiger partial charge in [0.15, 0.2) is 5.82 Å². The molecule has 0 aromatic carbocycles. The Hall–Kier alpha value is -1.95. The van der Waals surface area contributed by atoms with E-state index in [2.05, 4.69) is 28.9 Å². The van der Waals surface area contributed by atoms with Gasteiger partial charge in [-0.25, -0.2) is 9.97 Å². The van der Waals surface area contributed by atoms with Gasteiger partial charge in [-0.15, -0.1) is 11.3 Å². The average molecular weight is 259 g/mol. The average Bonchev–Trinajstić information content (AvgIpc) is 2.85. The molecule has 0 saturated heterocycles. The van der Waals surface area contributed by atoms with Crippen LogP contribution in [0.25, 0.3) is 21.6 Å². The molecule has 3 aromatic heterocycles. The first-order valence-electron chi connectivity index (χ1n) is 5.58. The van der Waals surface area contributed by atoms with Gasteiger partial charge in [-0.2, -0.15) is 5.10 Å². The fourth-order valence-corrected chi connectivity index (χ4v) is 2.98. The molecule has 0 unspecified atom stereocenters. The Labute approximate surface area is 108 Å². The largest absolute Gasteiger partial charge is 0.383 e. The number of nitrogens with zero attached hydrogens (tertiary/aromatic N) is 4. The van der Waals surface area contributed by atoms with Gasteiger partial charge in [0.25, 0.3) is 0 Å². The second-order valence-corrected chi connectivity index (χ2v) is 5.50. The molecule has 0 aliphatic carbocycles. The zero-order chi connectivity index (χ0) is 12.9. The van der Waals surface area contributed by atoms with E-state index >= 15 is 0 Å². The Morgan fingerprint density at radius 3 is 2.72 bits per heavy atom. The molecule has 0 saturated carbocycles. The lowest BCUT2D eigenvalue weighted by atomic mass is 10.2. The van der Waals surface area contributed by atoms with Crippen LogP contribution in [0.4, 0.5) is 5.82 Å². The van der Waals surface area contributed by atoms with Crippen molar-refractivity contribution in [3.8, 4) is 11.4 Å². The highest BCUT2D eigenvalue weighted by Gasteiger charge is 2.14. The van der Waals surface area contributed by atoms with Crippen molar-refractivity contribution < 1.29 is 0 Å². The third-order valence-electron chi connectivity index (χ3n) is 3.02. The Morgan fingerprint density at radius 2 is 2.06 bits per heavy atom. The summed E-state index contributed by atoms with van der Waals surface area (Å²) in [5.41, 5.74) is 8.10. The van der Waals surface area contributed by atoms with Crippen molar-refractivity contribution in [3.63, 3.8) is 0 Å². The van der Waals surface area contributed by atoms with E-state index in [1.165, 1.54) is 10.4 Å². The molecule has 92 valence electrons. The zero-order valence-corrected chi connectivity index (χ0v) is 11.2. The van der Waals surface area contributed by atoms with Crippen LogP contribution >= 0.6 is 11.3 Å². The predicted molar refractivity (Wildman–Crippen MR) is 73.5 cm³/mol. The van der Waals surface area contributed by atoms with Crippen LogP contribution in [0.15, 0.2) is 12.4 Å². The molecule has 0 atom stereocenters. The fraction of sp³-hybridized carbons (Fsp3) is 0.250. The molecule has 6 heteroatoms. The highest BCUT2D eigenvalue weighted by atomic mass is 32.1. The minimum absolute atomic E-state index is 0.542. The third-order valence-corrected chi connectivity index (χ3v) is 4.12. The fourth-order valence-electron chi connectivity index (χ4n) is 1.95. The van der Waals surface area contributed by atoms with Gasteiger partial charge in [-0.05, 0) is 19.4 Å². The van der Waals surface area contributed by atoms with Gasteiger partial charge in [0.2, 0.25) is 0 Å². The molecule has 18 heavy (non-hydrogen) atoms. The Kier molecular flexibility index (Phi) is 2.34. The highest BCUT2D eigenvalue weighted by molar-refractivity contribution is 7.18. The summed E-state index contributed by atoms with van der Waals surface area (Å²) in [6, 6.07) is 0. The van der Waals surface area contributed by atoms with Crippen LogP contribution in [0.5, 0.6) is 0 Å². The van der Waals surface area contributed by atoms with Crippen molar-refractivity contribution in [2.24, 2.45) is 7.05 Å². The Balaban J connectivity index is 2.27. The minimum atomic E-state index is 0.542. The first kappa shape index (κ1) is 11.2. The van der Waals surface area contributed by atoms with Crippen LogP contribution in [0.2, 0.25) is 0 Å². The lowest BCUT2D eigenvalue weighted by molar-refractivity contribution is 0.768. The van der Waals surface area contributed by atoms with E-state index in [0.29, 0.717) is 11.6 Å². The molecule has 3 heterocycles. The molecule has 0 bridgehead atoms. The number of thiophene rings is 1. The summed E-state index contributed by atoms with van der Waals surface area (Å²) >= 11 is 1.65. The lowest BCUT2D eigenvalue weighted by Crippen LogP contribution is -1.96. The maximum Gasteiger partial charge on any atom is 0.166 e. The summed E-state index contributed by atoms with van der Waals surface area (Å²) in [6.45, 7) is 4.13. The van der Waals surface area contributed by atoms with E-state index in [-0.39, 0.29) is 0 Å². The monoisotopic (exact) mass is 259 g/mol. The molecule has 0 fully saturated rings. The van der Waals surface area contributed by atoms with Crippen LogP contribution in [0.1, 0.15) is 10.4 Å². The first-order valence-corrected chi connectivity index (χ1v) is 6.40. The molecular formula is C12H13N5S. The predicted octanol–water partition coefficient (Wildman–Crippen LogP) is 2.29. The first-order chi connectivity index (χ1) is 8.56. The second kappa shape index (κ2) is 3.78. The summed E-state index contributed by atoms with van der Waals surface area (Å²) in [7, 11) is 1.87. The number of nitrogens with two attached hydrogens (primary N) is 1. The summed E-state index contributed by atoms with van der Waals surface area (Å²) in [4.78, 5) is 11.1. The van der Waals surface area contributed by atoms with Gasteiger partial charge in [0.1, 0.15) is 10.6 Å². The van der Waals surface area contributed by atoms with E-state index in [0.717, 1.165) is 15.8 Å². The van der Waals surface area contributed by atoms with Crippen molar-refractivity contribution >= 4 is 27.4 Å². The topological polar surface area (TPSA) is 69.6 Å². The molecule has 0 spiro atoms. The Bertz CT molecular complexity index is 740. The van der Waals surface area contributed by atoms with Gasteiger partial charge in [-0.1, -0.05) is 0 Å². The molecule has 0 amide bonds. The molecule has 2 N–H and O–H groups in total. The molecule has 3 aromatic rings. The minimum Gasteiger partial charge on any atom is -0.383 e. The second-order valence-electron chi connectivity index (χ2n) is 4.30. The van der Waals surface area contributed by atoms with Crippen LogP contribution in [0.3, 0.4) is 0 Å². The maximum absolute atomic E-state index is 6.04. The highest BCUT2D eigenvalue weighted by Crippen LogP contribution is 2.33. The SMILES string of the molecule is Cc1sc2nc(-c3cnn(C)c3)nc(N)c2c1C. The molecule has 0 aliphatic rings. The third kappa shape index (κ3) is 1.57. The van der Waals surface area contributed by atoms with Crippen molar-refractivity contribution in [2.75, 3.05) is 5.73 Å². The number of anilines is 1. The number of rotatable bonds is 1. The van der Waals surface area contributed by atoms with Crippen LogP contribution in [0, 0.1) is 13.8 Å². The van der Waals surface area contributed by atoms with E-state index in [4.69, 9.17) is 5.73 Å². The number of hydrogen-bond acceptors (Lipinski definition) is 5. The number of aryl methyl sites for hydroxylation is 3. The molecule has 0 aliphatic heterocycles. The van der Waals surface area contributed by atoms with E-state index in [9.17, 15) is 0 Å². The number of nitrogen functional groups attached to an aromatic ring is 1. The van der Waals surface area contributed by atoms with E-state index in [1.54, 1.807) is 22.2 Å². The van der Waals surface area contributed by atoms with Crippen molar-refractivity contribution in [1.29, 1.82) is 0 Å². The van der Waals surface area contributed by atoms with Crippen molar-refractivity contribution in [2.45, 2.75) is 13.8 Å². The van der Waals surface area contributed by atoms with Gasteiger partial charge < -0.3 is 5.73 Å². The molecule has 3 rings (SSSR count). The molecular weight excluding hydrogens is 246 g/mol. The Morgan fingerprint density at radius 1 is 1.28 bits per heavy atom. The van der Waals surface area contributed by atoms with Crippen LogP contribution < -0.4 is 5.73 Å². The smallest absolute Gasteiger partial charge is 0.166 e. The van der Waals surface area contributed by atoms with Crippen LogP contribution in [-0.2, 0) is 7.05 Å². The normalized spacial score (nSPS) is 11.3. The number of fused-ring (bicyclic) bond motifs is 1. The number of hydrogen-bond donors (Lipinski definition) is 1.